The van der Waals surface area contributed by atoms with Crippen LogP contribution in [0.25, 0.3) is 11.4 Å². The minimum absolute atomic E-state index is 0.0176. The number of piperazine rings is 1. The fraction of sp³-hybridized carbons (Fsp3) is 0.533. The molecule has 4 rings (SSSR count). The van der Waals surface area contributed by atoms with Crippen molar-refractivity contribution in [3.63, 3.8) is 0 Å². The lowest BCUT2D eigenvalue weighted by molar-refractivity contribution is 0.0489. The Kier molecular flexibility index (Phi) is 2.99. The molecule has 1 aliphatic carbocycles. The van der Waals surface area contributed by atoms with E-state index in [9.17, 15) is 9.59 Å². The average Bonchev–Trinajstić information content (AvgIpc) is 2.98. The summed E-state index contributed by atoms with van der Waals surface area (Å²) >= 11 is 0. The van der Waals surface area contributed by atoms with Crippen molar-refractivity contribution >= 4 is 5.91 Å². The van der Waals surface area contributed by atoms with Crippen molar-refractivity contribution in [3.8, 4) is 11.4 Å². The molecule has 0 atom stereocenters. The van der Waals surface area contributed by atoms with Crippen LogP contribution in [-0.4, -0.2) is 62.6 Å². The van der Waals surface area contributed by atoms with Crippen LogP contribution >= 0.6 is 0 Å². The first-order chi connectivity index (χ1) is 11.0. The van der Waals surface area contributed by atoms with Crippen LogP contribution in [0, 0.1) is 0 Å². The summed E-state index contributed by atoms with van der Waals surface area (Å²) in [6.07, 6.45) is 4.08. The Morgan fingerprint density at radius 3 is 2.78 bits per heavy atom. The van der Waals surface area contributed by atoms with E-state index < -0.39 is 5.76 Å². The second-order valence-corrected chi connectivity index (χ2v) is 6.54. The largest absolute Gasteiger partial charge is 0.439 e. The third-order valence-corrected chi connectivity index (χ3v) is 5.05. The number of likely N-dealkylation sites (N-methyl/N-ethyl adjacent to an activating group) is 1. The minimum Gasteiger partial charge on any atom is -0.346 e. The monoisotopic (exact) mass is 317 g/mol. The van der Waals surface area contributed by atoms with Crippen molar-refractivity contribution in [2.24, 2.45) is 7.05 Å². The molecule has 2 fully saturated rings. The molecule has 2 aromatic rings. The number of carbonyl (C=O) groups excluding carboxylic acids is 1. The van der Waals surface area contributed by atoms with E-state index in [1.165, 1.54) is 0 Å². The molecule has 0 unspecified atom stereocenters. The highest BCUT2D eigenvalue weighted by atomic mass is 16.5. The minimum atomic E-state index is -0.605. The molecule has 8 heteroatoms. The van der Waals surface area contributed by atoms with Crippen LogP contribution in [0.1, 0.15) is 23.3 Å². The summed E-state index contributed by atoms with van der Waals surface area (Å²) in [5.41, 5.74) is 1.44. The number of H-pyrrole nitrogens is 1. The first-order valence-corrected chi connectivity index (χ1v) is 7.72. The molecule has 0 bridgehead atoms. The van der Waals surface area contributed by atoms with Gasteiger partial charge in [0.15, 0.2) is 5.82 Å². The van der Waals surface area contributed by atoms with Gasteiger partial charge in [-0.3, -0.25) is 19.2 Å². The van der Waals surface area contributed by atoms with Gasteiger partial charge in [0, 0.05) is 44.0 Å². The summed E-state index contributed by atoms with van der Waals surface area (Å²) in [4.78, 5) is 30.7. The molecule has 23 heavy (non-hydrogen) atoms. The zero-order chi connectivity index (χ0) is 16.2. The lowest BCUT2D eigenvalue weighted by Crippen LogP contribution is -2.55. The number of hydrogen-bond donors (Lipinski definition) is 1. The molecule has 1 N–H and O–H groups in total. The predicted molar refractivity (Wildman–Crippen MR) is 82.0 cm³/mol. The Labute approximate surface area is 132 Å². The normalized spacial score (nSPS) is 20.2. The molecule has 0 aromatic carbocycles. The quantitative estimate of drug-likeness (QED) is 0.860. The van der Waals surface area contributed by atoms with E-state index in [0.717, 1.165) is 32.5 Å². The van der Waals surface area contributed by atoms with Gasteiger partial charge >= 0.3 is 5.76 Å². The number of aryl methyl sites for hydroxylation is 1. The molecule has 3 heterocycles. The maximum atomic E-state index is 12.9. The number of aromatic nitrogens is 3. The second kappa shape index (κ2) is 4.82. The van der Waals surface area contributed by atoms with Crippen molar-refractivity contribution in [2.45, 2.75) is 18.4 Å². The SMILES string of the molecule is CN1CCN(C(=O)c2cc(-c3noc(=O)[nH]3)cn2C)CC12CC2. The third kappa shape index (κ3) is 2.29. The van der Waals surface area contributed by atoms with E-state index in [-0.39, 0.29) is 11.4 Å². The highest BCUT2D eigenvalue weighted by Gasteiger charge is 2.50. The molecule has 122 valence electrons. The maximum absolute atomic E-state index is 12.9. The number of carbonyl (C=O) groups is 1. The fourth-order valence-electron chi connectivity index (χ4n) is 3.34. The van der Waals surface area contributed by atoms with Gasteiger partial charge in [-0.25, -0.2) is 4.79 Å². The van der Waals surface area contributed by atoms with Gasteiger partial charge in [-0.05, 0) is 26.0 Å². The van der Waals surface area contributed by atoms with Crippen LogP contribution in [0.2, 0.25) is 0 Å². The molecule has 1 spiro atoms. The maximum Gasteiger partial charge on any atom is 0.439 e. The van der Waals surface area contributed by atoms with Crippen LogP contribution in [-0.2, 0) is 7.05 Å². The Morgan fingerprint density at radius 2 is 2.13 bits per heavy atom. The molecule has 1 saturated carbocycles. The first kappa shape index (κ1) is 14.3. The Balaban J connectivity index is 1.59. The summed E-state index contributed by atoms with van der Waals surface area (Å²) in [7, 11) is 3.95. The van der Waals surface area contributed by atoms with E-state index in [0.29, 0.717) is 17.1 Å². The van der Waals surface area contributed by atoms with Gasteiger partial charge < -0.3 is 9.47 Å². The van der Waals surface area contributed by atoms with Crippen molar-refractivity contribution in [1.29, 1.82) is 0 Å². The zero-order valence-electron chi connectivity index (χ0n) is 13.2. The Bertz CT molecular complexity index is 813. The number of amides is 1. The van der Waals surface area contributed by atoms with Gasteiger partial charge in [0.1, 0.15) is 5.69 Å². The summed E-state index contributed by atoms with van der Waals surface area (Å²) in [5, 5.41) is 3.67. The van der Waals surface area contributed by atoms with Gasteiger partial charge in [0.05, 0.1) is 0 Å². The molecule has 2 aromatic heterocycles. The Morgan fingerprint density at radius 1 is 1.35 bits per heavy atom. The number of nitrogens with zero attached hydrogens (tertiary/aromatic N) is 4. The summed E-state index contributed by atoms with van der Waals surface area (Å²) < 4.78 is 6.29. The van der Waals surface area contributed by atoms with Crippen LogP contribution in [0.15, 0.2) is 21.6 Å². The molecule has 1 saturated heterocycles. The van der Waals surface area contributed by atoms with E-state index in [4.69, 9.17) is 0 Å². The molecular formula is C15H19N5O3. The van der Waals surface area contributed by atoms with Gasteiger partial charge in [0.25, 0.3) is 5.91 Å². The summed E-state index contributed by atoms with van der Waals surface area (Å²) in [5.74, 6) is -0.253. The van der Waals surface area contributed by atoms with E-state index in [1.54, 1.807) is 16.8 Å². The lowest BCUT2D eigenvalue weighted by atomic mass is 10.1. The summed E-state index contributed by atoms with van der Waals surface area (Å²) in [6, 6.07) is 1.74. The van der Waals surface area contributed by atoms with Crippen molar-refractivity contribution in [3.05, 3.63) is 28.5 Å². The fourth-order valence-corrected chi connectivity index (χ4v) is 3.34. The standard InChI is InChI=1S/C15H19N5O3/c1-18-8-10(12-16-14(22)23-17-12)7-11(18)13(21)20-6-5-19(2)15(9-20)3-4-15/h7-8H,3-6,9H2,1-2H3,(H,16,17,22). The summed E-state index contributed by atoms with van der Waals surface area (Å²) in [6.45, 7) is 2.42. The number of aromatic amines is 1. The highest BCUT2D eigenvalue weighted by Crippen LogP contribution is 2.43. The zero-order valence-corrected chi connectivity index (χ0v) is 13.2. The highest BCUT2D eigenvalue weighted by molar-refractivity contribution is 5.94. The first-order valence-electron chi connectivity index (χ1n) is 7.72. The smallest absolute Gasteiger partial charge is 0.346 e. The van der Waals surface area contributed by atoms with Crippen LogP contribution < -0.4 is 5.76 Å². The van der Waals surface area contributed by atoms with Crippen molar-refractivity contribution in [2.75, 3.05) is 26.7 Å². The van der Waals surface area contributed by atoms with Gasteiger partial charge in [-0.1, -0.05) is 5.16 Å². The molecule has 2 aliphatic rings. The van der Waals surface area contributed by atoms with Gasteiger partial charge in [0.2, 0.25) is 0 Å². The molecular weight excluding hydrogens is 298 g/mol. The Hall–Kier alpha value is -2.35. The average molecular weight is 317 g/mol. The number of hydrogen-bond acceptors (Lipinski definition) is 5. The topological polar surface area (TPSA) is 87.4 Å². The van der Waals surface area contributed by atoms with Crippen molar-refractivity contribution in [1.82, 2.24) is 24.5 Å². The third-order valence-electron chi connectivity index (χ3n) is 5.05. The number of nitrogens with one attached hydrogen (secondary N) is 1. The second-order valence-electron chi connectivity index (χ2n) is 6.54. The van der Waals surface area contributed by atoms with E-state index in [1.807, 2.05) is 11.9 Å². The van der Waals surface area contributed by atoms with Crippen molar-refractivity contribution < 1.29 is 9.32 Å². The van der Waals surface area contributed by atoms with E-state index in [2.05, 4.69) is 26.6 Å². The van der Waals surface area contributed by atoms with Gasteiger partial charge in [-0.15, -0.1) is 0 Å². The molecule has 1 aliphatic heterocycles. The molecule has 8 nitrogen and oxygen atoms in total. The van der Waals surface area contributed by atoms with E-state index >= 15 is 0 Å². The molecule has 1 amide bonds. The van der Waals surface area contributed by atoms with Crippen LogP contribution in [0.3, 0.4) is 0 Å². The van der Waals surface area contributed by atoms with Crippen LogP contribution in [0.4, 0.5) is 0 Å². The number of rotatable bonds is 2. The lowest BCUT2D eigenvalue weighted by Gasteiger charge is -2.40. The predicted octanol–water partition coefficient (Wildman–Crippen LogP) is 0.289. The molecule has 0 radical (unpaired) electrons. The van der Waals surface area contributed by atoms with Crippen LogP contribution in [0.5, 0.6) is 0 Å². The van der Waals surface area contributed by atoms with Gasteiger partial charge in [-0.2, -0.15) is 0 Å².